The van der Waals surface area contributed by atoms with Crippen LogP contribution in [0.5, 0.6) is 0 Å². The quantitative estimate of drug-likeness (QED) is 0.305. The summed E-state index contributed by atoms with van der Waals surface area (Å²) < 4.78 is 15.9. The monoisotopic (exact) mass is 523 g/mol. The van der Waals surface area contributed by atoms with Gasteiger partial charge >= 0.3 is 0 Å². The molecule has 1 saturated carbocycles. The molecule has 1 aliphatic heterocycles. The Hall–Kier alpha value is -3.24. The van der Waals surface area contributed by atoms with E-state index in [0.29, 0.717) is 17.3 Å². The molecule has 3 aromatic rings. The lowest BCUT2D eigenvalue weighted by Gasteiger charge is -2.30. The Morgan fingerprint density at radius 3 is 2.51 bits per heavy atom. The summed E-state index contributed by atoms with van der Waals surface area (Å²) in [6.07, 6.45) is 6.99. The molecule has 5 rings (SSSR count). The molecule has 10 heteroatoms. The second-order valence-corrected chi connectivity index (χ2v) is 10.9. The lowest BCUT2D eigenvalue weighted by atomic mass is 9.91. The minimum Gasteiger partial charge on any atom is -0.380 e. The molecule has 1 aliphatic carbocycles. The van der Waals surface area contributed by atoms with E-state index in [1.54, 1.807) is 17.4 Å². The second kappa shape index (κ2) is 11.4. The third-order valence-electron chi connectivity index (χ3n) is 7.21. The van der Waals surface area contributed by atoms with Crippen LogP contribution in [0.1, 0.15) is 38.5 Å². The van der Waals surface area contributed by atoms with Crippen LogP contribution in [0.4, 0.5) is 27.5 Å². The van der Waals surface area contributed by atoms with Gasteiger partial charge in [-0.3, -0.25) is 4.79 Å². The number of carbonyl (C=O) groups excluding carboxylic acids is 1. The summed E-state index contributed by atoms with van der Waals surface area (Å²) in [5.74, 6) is 0.794. The number of amides is 1. The Balaban J connectivity index is 1.25. The maximum absolute atomic E-state index is 14.9. The fourth-order valence-electron chi connectivity index (χ4n) is 5.06. The van der Waals surface area contributed by atoms with Gasteiger partial charge in [0, 0.05) is 23.8 Å². The Bertz CT molecular complexity index is 1250. The van der Waals surface area contributed by atoms with Crippen LogP contribution >= 0.6 is 11.3 Å². The fourth-order valence-corrected chi connectivity index (χ4v) is 5.85. The maximum Gasteiger partial charge on any atom is 0.243 e. The molecule has 0 bridgehead atoms. The van der Waals surface area contributed by atoms with Crippen molar-refractivity contribution in [2.45, 2.75) is 56.7 Å². The van der Waals surface area contributed by atoms with Crippen molar-refractivity contribution in [2.75, 3.05) is 36.1 Å². The summed E-state index contributed by atoms with van der Waals surface area (Å²) in [4.78, 5) is 23.3. The highest BCUT2D eigenvalue weighted by Crippen LogP contribution is 2.31. The van der Waals surface area contributed by atoms with Crippen LogP contribution in [0.25, 0.3) is 10.2 Å². The molecule has 1 amide bonds. The zero-order valence-corrected chi connectivity index (χ0v) is 21.9. The van der Waals surface area contributed by atoms with Gasteiger partial charge < -0.3 is 26.2 Å². The molecule has 3 heterocycles. The number of halogens is 1. The summed E-state index contributed by atoms with van der Waals surface area (Å²) >= 11 is 1.60. The molecule has 1 saturated heterocycles. The predicted molar refractivity (Wildman–Crippen MR) is 149 cm³/mol. The van der Waals surface area contributed by atoms with Crippen molar-refractivity contribution < 1.29 is 9.18 Å². The first kappa shape index (κ1) is 25.4. The van der Waals surface area contributed by atoms with Gasteiger partial charge in [-0.25, -0.2) is 9.37 Å². The summed E-state index contributed by atoms with van der Waals surface area (Å²) in [5.41, 5.74) is 1.97. The number of likely N-dealkylation sites (tertiary alicyclic amines) is 1. The van der Waals surface area contributed by atoms with E-state index in [0.717, 1.165) is 67.6 Å². The van der Waals surface area contributed by atoms with Crippen LogP contribution in [-0.2, 0) is 4.79 Å². The predicted octanol–water partition coefficient (Wildman–Crippen LogP) is 5.11. The standard InChI is InChI=1S/C27H34FN7OS/c1-3-24(36)30-17-4-6-18(7-5-17)31-26-25-23(12-15-37-25)33-27(34-26)32-20-8-9-22(21(28)16-20)29-19-10-13-35(2)14-11-19/h3,8-9,12,15-19,29H,1,4-7,10-11,13-14H2,2H3,(H,30,36)(H2,31,32,33,34)/t17-,18+. The molecule has 0 atom stereocenters. The summed E-state index contributed by atoms with van der Waals surface area (Å²) in [6.45, 7) is 5.56. The van der Waals surface area contributed by atoms with Crippen LogP contribution in [0, 0.1) is 5.82 Å². The van der Waals surface area contributed by atoms with Gasteiger partial charge in [0.25, 0.3) is 0 Å². The Morgan fingerprint density at radius 2 is 1.78 bits per heavy atom. The topological polar surface area (TPSA) is 94.2 Å². The fraction of sp³-hybridized carbons (Fsp3) is 0.444. The molecule has 37 heavy (non-hydrogen) atoms. The molecule has 0 radical (unpaired) electrons. The van der Waals surface area contributed by atoms with Gasteiger partial charge in [0.1, 0.15) is 11.6 Å². The minimum atomic E-state index is -0.292. The molecule has 4 N–H and O–H groups in total. The largest absolute Gasteiger partial charge is 0.380 e. The van der Waals surface area contributed by atoms with Crippen LogP contribution in [0.15, 0.2) is 42.3 Å². The first-order valence-electron chi connectivity index (χ1n) is 12.9. The Kier molecular flexibility index (Phi) is 7.85. The summed E-state index contributed by atoms with van der Waals surface area (Å²) in [7, 11) is 2.12. The zero-order valence-electron chi connectivity index (χ0n) is 21.1. The number of hydrogen-bond donors (Lipinski definition) is 4. The maximum atomic E-state index is 14.9. The molecule has 8 nitrogen and oxygen atoms in total. The third kappa shape index (κ3) is 6.37. The number of piperidine rings is 1. The van der Waals surface area contributed by atoms with E-state index in [2.05, 4.69) is 44.8 Å². The van der Waals surface area contributed by atoms with Crippen molar-refractivity contribution in [1.82, 2.24) is 20.2 Å². The number of benzene rings is 1. The highest BCUT2D eigenvalue weighted by Gasteiger charge is 2.23. The molecule has 2 aromatic heterocycles. The molecular formula is C27H34FN7OS. The van der Waals surface area contributed by atoms with Crippen molar-refractivity contribution in [3.05, 3.63) is 48.1 Å². The highest BCUT2D eigenvalue weighted by molar-refractivity contribution is 7.17. The third-order valence-corrected chi connectivity index (χ3v) is 8.12. The van der Waals surface area contributed by atoms with Crippen molar-refractivity contribution >= 4 is 50.6 Å². The summed E-state index contributed by atoms with van der Waals surface area (Å²) in [6, 6.07) is 7.82. The first-order valence-corrected chi connectivity index (χ1v) is 13.8. The van der Waals surface area contributed by atoms with Gasteiger partial charge in [0.05, 0.1) is 15.9 Å². The van der Waals surface area contributed by atoms with E-state index < -0.39 is 0 Å². The van der Waals surface area contributed by atoms with E-state index in [9.17, 15) is 9.18 Å². The average Bonchev–Trinajstić information content (AvgIpc) is 3.37. The molecule has 1 aromatic carbocycles. The van der Waals surface area contributed by atoms with Gasteiger partial charge in [0.15, 0.2) is 0 Å². The van der Waals surface area contributed by atoms with E-state index in [1.807, 2.05) is 17.5 Å². The SMILES string of the molecule is C=CC(=O)N[C@H]1CC[C@@H](Nc2nc(Nc3ccc(NC4CCN(C)CC4)c(F)c3)nc3ccsc23)CC1. The average molecular weight is 524 g/mol. The first-order chi connectivity index (χ1) is 18.0. The Morgan fingerprint density at radius 1 is 1.05 bits per heavy atom. The van der Waals surface area contributed by atoms with Gasteiger partial charge in [-0.2, -0.15) is 4.98 Å². The lowest BCUT2D eigenvalue weighted by Crippen LogP contribution is -2.39. The highest BCUT2D eigenvalue weighted by atomic mass is 32.1. The minimum absolute atomic E-state index is 0.120. The van der Waals surface area contributed by atoms with Crippen molar-refractivity contribution in [3.8, 4) is 0 Å². The molecule has 196 valence electrons. The van der Waals surface area contributed by atoms with Crippen LogP contribution in [0.3, 0.4) is 0 Å². The van der Waals surface area contributed by atoms with Crippen LogP contribution in [0.2, 0.25) is 0 Å². The van der Waals surface area contributed by atoms with Crippen LogP contribution in [-0.4, -0.2) is 59.0 Å². The number of hydrogen-bond acceptors (Lipinski definition) is 8. The van der Waals surface area contributed by atoms with E-state index in [1.165, 1.54) is 12.1 Å². The van der Waals surface area contributed by atoms with Crippen molar-refractivity contribution in [3.63, 3.8) is 0 Å². The van der Waals surface area contributed by atoms with Crippen molar-refractivity contribution in [2.24, 2.45) is 0 Å². The van der Waals surface area contributed by atoms with Crippen molar-refractivity contribution in [1.29, 1.82) is 0 Å². The zero-order chi connectivity index (χ0) is 25.8. The molecule has 2 aliphatic rings. The molecule has 0 unspecified atom stereocenters. The van der Waals surface area contributed by atoms with E-state index >= 15 is 0 Å². The van der Waals surface area contributed by atoms with Crippen LogP contribution < -0.4 is 21.3 Å². The van der Waals surface area contributed by atoms with Gasteiger partial charge in [-0.1, -0.05) is 6.58 Å². The molecular weight excluding hydrogens is 489 g/mol. The number of nitrogens with zero attached hydrogens (tertiary/aromatic N) is 3. The van der Waals surface area contributed by atoms with Gasteiger partial charge in [-0.15, -0.1) is 11.3 Å². The lowest BCUT2D eigenvalue weighted by molar-refractivity contribution is -0.117. The summed E-state index contributed by atoms with van der Waals surface area (Å²) in [5, 5.41) is 15.1. The number of nitrogens with one attached hydrogen (secondary N) is 4. The van der Waals surface area contributed by atoms with Gasteiger partial charge in [0.2, 0.25) is 11.9 Å². The van der Waals surface area contributed by atoms with E-state index in [-0.39, 0.29) is 29.8 Å². The normalized spacial score (nSPS) is 20.9. The smallest absolute Gasteiger partial charge is 0.243 e. The molecule has 2 fully saturated rings. The number of fused-ring (bicyclic) bond motifs is 1. The number of anilines is 4. The Labute approximate surface area is 220 Å². The van der Waals surface area contributed by atoms with E-state index in [4.69, 9.17) is 4.98 Å². The van der Waals surface area contributed by atoms with Gasteiger partial charge in [-0.05, 0) is 94.4 Å². The second-order valence-electron chi connectivity index (χ2n) is 9.98. The molecule has 0 spiro atoms. The number of carbonyl (C=O) groups is 1. The number of thiophene rings is 1. The number of rotatable bonds is 8. The number of aromatic nitrogens is 2.